The maximum Gasteiger partial charge on any atom is 0.277 e. The maximum atomic E-state index is 11.8. The van der Waals surface area contributed by atoms with Gasteiger partial charge in [-0.15, -0.1) is 10.2 Å². The second-order valence-corrected chi connectivity index (χ2v) is 8.36. The fourth-order valence-corrected chi connectivity index (χ4v) is 4.58. The number of aromatic nitrogens is 2. The van der Waals surface area contributed by atoms with Gasteiger partial charge in [-0.3, -0.25) is 4.79 Å². The van der Waals surface area contributed by atoms with Gasteiger partial charge in [-0.05, 0) is 18.6 Å². The highest BCUT2D eigenvalue weighted by molar-refractivity contribution is 7.99. The van der Waals surface area contributed by atoms with Crippen LogP contribution in [0.3, 0.4) is 0 Å². The van der Waals surface area contributed by atoms with Crippen LogP contribution in [0.2, 0.25) is 0 Å². The van der Waals surface area contributed by atoms with Gasteiger partial charge in [-0.2, -0.15) is 0 Å². The Morgan fingerprint density at radius 2 is 2.09 bits per heavy atom. The molecule has 23 heavy (non-hydrogen) atoms. The van der Waals surface area contributed by atoms with Crippen LogP contribution in [0.5, 0.6) is 0 Å². The zero-order chi connectivity index (χ0) is 16.3. The minimum absolute atomic E-state index is 0.0494. The Balaban J connectivity index is 1.52. The molecule has 122 valence electrons. The lowest BCUT2D eigenvalue weighted by atomic mass is 10.1. The predicted molar refractivity (Wildman–Crippen MR) is 86.1 cm³/mol. The van der Waals surface area contributed by atoms with Crippen LogP contribution in [0.4, 0.5) is 5.69 Å². The number of nitrogens with one attached hydrogen (secondary N) is 1. The molecular weight excluding hydrogens is 338 g/mol. The number of sulfone groups is 1. The lowest BCUT2D eigenvalue weighted by Gasteiger charge is -2.03. The van der Waals surface area contributed by atoms with Crippen LogP contribution in [-0.4, -0.2) is 41.8 Å². The van der Waals surface area contributed by atoms with Crippen molar-refractivity contribution in [3.63, 3.8) is 0 Å². The molecule has 2 heterocycles. The van der Waals surface area contributed by atoms with Crippen molar-refractivity contribution in [2.75, 3.05) is 22.6 Å². The molecule has 2 aromatic rings. The van der Waals surface area contributed by atoms with E-state index < -0.39 is 9.84 Å². The van der Waals surface area contributed by atoms with Gasteiger partial charge in [0.15, 0.2) is 9.84 Å². The van der Waals surface area contributed by atoms with E-state index in [0.717, 1.165) is 17.4 Å². The van der Waals surface area contributed by atoms with Gasteiger partial charge < -0.3 is 9.73 Å². The van der Waals surface area contributed by atoms with Crippen molar-refractivity contribution >= 4 is 33.2 Å². The number of hydrogen-bond donors (Lipinski definition) is 1. The van der Waals surface area contributed by atoms with E-state index >= 15 is 0 Å². The number of carbonyl (C=O) groups is 1. The first kappa shape index (κ1) is 16.0. The van der Waals surface area contributed by atoms with E-state index in [4.69, 9.17) is 4.42 Å². The summed E-state index contributed by atoms with van der Waals surface area (Å²) in [5, 5.41) is 10.8. The average molecular weight is 353 g/mol. The van der Waals surface area contributed by atoms with Gasteiger partial charge in [0.1, 0.15) is 0 Å². The minimum atomic E-state index is -2.99. The molecule has 1 aromatic heterocycles. The molecule has 1 atom stereocenters. The molecule has 1 aliphatic heterocycles. The highest BCUT2D eigenvalue weighted by Gasteiger charge is 2.32. The Labute approximate surface area is 137 Å². The van der Waals surface area contributed by atoms with E-state index in [1.54, 1.807) is 12.1 Å². The summed E-state index contributed by atoms with van der Waals surface area (Å²) in [5.74, 6) is 0.261. The van der Waals surface area contributed by atoms with Crippen molar-refractivity contribution in [2.45, 2.75) is 17.6 Å². The van der Waals surface area contributed by atoms with Crippen LogP contribution < -0.4 is 5.32 Å². The summed E-state index contributed by atoms with van der Waals surface area (Å²) in [6.45, 7) is 0. The third kappa shape index (κ3) is 4.32. The zero-order valence-electron chi connectivity index (χ0n) is 12.1. The number of hydrogen-bond acceptors (Lipinski definition) is 7. The fourth-order valence-electron chi connectivity index (χ4n) is 2.28. The van der Waals surface area contributed by atoms with E-state index in [2.05, 4.69) is 15.5 Å². The molecular formula is C14H15N3O4S2. The van der Waals surface area contributed by atoms with Crippen LogP contribution >= 0.6 is 11.8 Å². The maximum absolute atomic E-state index is 11.8. The van der Waals surface area contributed by atoms with Crippen molar-refractivity contribution in [2.24, 2.45) is 0 Å². The van der Waals surface area contributed by atoms with Crippen molar-refractivity contribution in [1.29, 1.82) is 0 Å². The topological polar surface area (TPSA) is 102 Å². The highest BCUT2D eigenvalue weighted by Crippen LogP contribution is 2.29. The highest BCUT2D eigenvalue weighted by atomic mass is 32.2. The van der Waals surface area contributed by atoms with Gasteiger partial charge in [-0.25, -0.2) is 8.42 Å². The Bertz CT molecular complexity index is 789. The number of rotatable bonds is 5. The van der Waals surface area contributed by atoms with Gasteiger partial charge in [0.05, 0.1) is 23.2 Å². The van der Waals surface area contributed by atoms with E-state index in [0.29, 0.717) is 12.3 Å². The summed E-state index contributed by atoms with van der Waals surface area (Å²) < 4.78 is 28.4. The molecule has 0 saturated carbocycles. The summed E-state index contributed by atoms with van der Waals surface area (Å²) in [6.07, 6.45) is 0.503. The van der Waals surface area contributed by atoms with Gasteiger partial charge >= 0.3 is 0 Å². The fraction of sp³-hybridized carbons (Fsp3) is 0.357. The van der Waals surface area contributed by atoms with Crippen molar-refractivity contribution in [3.05, 3.63) is 36.2 Å². The molecule has 1 amide bonds. The first-order valence-electron chi connectivity index (χ1n) is 7.03. The van der Waals surface area contributed by atoms with E-state index in [1.165, 1.54) is 0 Å². The second kappa shape index (κ2) is 6.71. The van der Waals surface area contributed by atoms with Crippen molar-refractivity contribution < 1.29 is 17.6 Å². The average Bonchev–Trinajstić information content (AvgIpc) is 3.12. The number of amides is 1. The van der Waals surface area contributed by atoms with Crippen molar-refractivity contribution in [1.82, 2.24) is 10.2 Å². The number of para-hydroxylation sites is 1. The second-order valence-electron chi connectivity index (χ2n) is 5.21. The number of benzene rings is 1. The Hall–Kier alpha value is -1.87. The monoisotopic (exact) mass is 353 g/mol. The first-order chi connectivity index (χ1) is 11.0. The first-order valence-corrected chi connectivity index (χ1v) is 9.84. The molecule has 1 saturated heterocycles. The van der Waals surface area contributed by atoms with Gasteiger partial charge in [-0.1, -0.05) is 30.0 Å². The number of thioether (sulfide) groups is 1. The molecule has 0 unspecified atom stereocenters. The Morgan fingerprint density at radius 1 is 1.30 bits per heavy atom. The molecule has 1 fully saturated rings. The normalized spacial score (nSPS) is 19.6. The zero-order valence-corrected chi connectivity index (χ0v) is 13.8. The van der Waals surface area contributed by atoms with E-state index in [-0.39, 0.29) is 34.3 Å². The predicted octanol–water partition coefficient (Wildman–Crippen LogP) is 1.70. The van der Waals surface area contributed by atoms with Crippen LogP contribution in [0, 0.1) is 0 Å². The number of anilines is 1. The lowest BCUT2D eigenvalue weighted by Crippen LogP contribution is -2.13. The molecule has 9 heteroatoms. The molecule has 1 aromatic carbocycles. The van der Waals surface area contributed by atoms with Crippen molar-refractivity contribution in [3.8, 4) is 0 Å². The summed E-state index contributed by atoms with van der Waals surface area (Å²) in [6, 6.07) is 9.14. The third-order valence-electron chi connectivity index (χ3n) is 3.39. The molecule has 0 aliphatic carbocycles. The van der Waals surface area contributed by atoms with Crippen LogP contribution in [-0.2, 0) is 14.6 Å². The summed E-state index contributed by atoms with van der Waals surface area (Å²) >= 11 is 1.13. The lowest BCUT2D eigenvalue weighted by molar-refractivity contribution is -0.113. The van der Waals surface area contributed by atoms with Crippen LogP contribution in [0.25, 0.3) is 0 Å². The summed E-state index contributed by atoms with van der Waals surface area (Å²) in [4.78, 5) is 11.8. The Morgan fingerprint density at radius 3 is 2.78 bits per heavy atom. The Kier molecular flexibility index (Phi) is 4.67. The molecule has 1 N–H and O–H groups in total. The molecule has 7 nitrogen and oxygen atoms in total. The molecule has 0 radical (unpaired) electrons. The number of nitrogens with zero attached hydrogens (tertiary/aromatic N) is 2. The van der Waals surface area contributed by atoms with E-state index in [1.807, 2.05) is 18.2 Å². The van der Waals surface area contributed by atoms with Gasteiger partial charge in [0, 0.05) is 5.69 Å². The largest absolute Gasteiger partial charge is 0.416 e. The van der Waals surface area contributed by atoms with Gasteiger partial charge in [0.25, 0.3) is 5.22 Å². The molecule has 3 rings (SSSR count). The molecule has 1 aliphatic rings. The third-order valence-corrected chi connectivity index (χ3v) is 5.97. The molecule has 0 spiro atoms. The van der Waals surface area contributed by atoms with Crippen LogP contribution in [0.15, 0.2) is 40.0 Å². The smallest absolute Gasteiger partial charge is 0.277 e. The standard InChI is InChI=1S/C14H15N3O4S2/c18-12(15-11-4-2-1-3-5-11)8-22-14-17-16-13(21-14)10-6-7-23(19,20)9-10/h1-5,10H,6-9H2,(H,15,18)/t10-/m0/s1. The van der Waals surface area contributed by atoms with E-state index in [9.17, 15) is 13.2 Å². The summed E-state index contributed by atoms with van der Waals surface area (Å²) in [5.41, 5.74) is 0.723. The van der Waals surface area contributed by atoms with Crippen LogP contribution in [0.1, 0.15) is 18.2 Å². The molecule has 0 bridgehead atoms. The number of carbonyl (C=O) groups excluding carboxylic acids is 1. The van der Waals surface area contributed by atoms with Gasteiger partial charge in [0.2, 0.25) is 11.8 Å². The minimum Gasteiger partial charge on any atom is -0.416 e. The SMILES string of the molecule is O=C(CSc1nnc([C@H]2CCS(=O)(=O)C2)o1)Nc1ccccc1. The summed E-state index contributed by atoms with van der Waals surface area (Å²) in [7, 11) is -2.99. The quantitative estimate of drug-likeness (QED) is 0.816.